The molecule has 2 aliphatic rings. The van der Waals surface area contributed by atoms with Crippen LogP contribution < -0.4 is 14.8 Å². The fraction of sp³-hybridized carbons (Fsp3) is 0.400. The van der Waals surface area contributed by atoms with Crippen LogP contribution in [-0.4, -0.2) is 31.3 Å². The number of halogens is 1. The molecule has 2 aliphatic heterocycles. The highest BCUT2D eigenvalue weighted by atomic mass is 35.5. The van der Waals surface area contributed by atoms with Crippen LogP contribution in [0.15, 0.2) is 29.3 Å². The minimum Gasteiger partial charge on any atom is -0.477 e. The van der Waals surface area contributed by atoms with Crippen molar-refractivity contribution in [2.45, 2.75) is 30.3 Å². The standard InChI is InChI=1S/C15H17ClN4O3S/c16-10-2-3-12-11(8-10)13(4-5-17-12)19-24(21,22)14-9-18-20-6-1-7-23-15(14)20/h2-3,8-9,13,17,19H,1,4-7H2. The third kappa shape index (κ3) is 2.74. The van der Waals surface area contributed by atoms with Crippen LogP contribution in [0.25, 0.3) is 0 Å². The van der Waals surface area contributed by atoms with E-state index in [2.05, 4.69) is 15.1 Å². The number of fused-ring (bicyclic) bond motifs is 2. The van der Waals surface area contributed by atoms with E-state index in [0.29, 0.717) is 37.0 Å². The number of sulfonamides is 1. The van der Waals surface area contributed by atoms with Gasteiger partial charge in [-0.15, -0.1) is 0 Å². The van der Waals surface area contributed by atoms with E-state index in [1.807, 2.05) is 6.07 Å². The molecule has 3 heterocycles. The Morgan fingerprint density at radius 1 is 1.42 bits per heavy atom. The molecule has 7 nitrogen and oxygen atoms in total. The Labute approximate surface area is 145 Å². The van der Waals surface area contributed by atoms with Crippen LogP contribution in [0.3, 0.4) is 0 Å². The zero-order valence-electron chi connectivity index (χ0n) is 12.8. The molecule has 0 radical (unpaired) electrons. The van der Waals surface area contributed by atoms with Crippen LogP contribution in [0.2, 0.25) is 5.02 Å². The van der Waals surface area contributed by atoms with Gasteiger partial charge in [0, 0.05) is 30.2 Å². The molecule has 0 bridgehead atoms. The van der Waals surface area contributed by atoms with Crippen molar-refractivity contribution < 1.29 is 13.2 Å². The van der Waals surface area contributed by atoms with E-state index in [4.69, 9.17) is 16.3 Å². The van der Waals surface area contributed by atoms with Crippen LogP contribution in [0.1, 0.15) is 24.4 Å². The van der Waals surface area contributed by atoms with Crippen molar-refractivity contribution in [3.63, 3.8) is 0 Å². The molecule has 0 saturated heterocycles. The van der Waals surface area contributed by atoms with Gasteiger partial charge in [-0.3, -0.25) is 0 Å². The van der Waals surface area contributed by atoms with Crippen LogP contribution >= 0.6 is 11.6 Å². The van der Waals surface area contributed by atoms with Gasteiger partial charge in [0.1, 0.15) is 0 Å². The average Bonchev–Trinajstić information content (AvgIpc) is 3.00. The molecule has 24 heavy (non-hydrogen) atoms. The van der Waals surface area contributed by atoms with Crippen molar-refractivity contribution in [1.29, 1.82) is 0 Å². The molecule has 0 fully saturated rings. The maximum atomic E-state index is 12.8. The van der Waals surface area contributed by atoms with E-state index in [0.717, 1.165) is 17.7 Å². The summed E-state index contributed by atoms with van der Waals surface area (Å²) in [7, 11) is -3.74. The van der Waals surface area contributed by atoms with Gasteiger partial charge in [0.2, 0.25) is 15.9 Å². The summed E-state index contributed by atoms with van der Waals surface area (Å²) in [5.74, 6) is 0.314. The van der Waals surface area contributed by atoms with Crippen molar-refractivity contribution in [2.75, 3.05) is 18.5 Å². The quantitative estimate of drug-likeness (QED) is 0.867. The summed E-state index contributed by atoms with van der Waals surface area (Å²) < 4.78 is 35.5. The first-order chi connectivity index (χ1) is 11.5. The lowest BCUT2D eigenvalue weighted by Crippen LogP contribution is -2.33. The van der Waals surface area contributed by atoms with Gasteiger partial charge in [0.15, 0.2) is 4.90 Å². The first kappa shape index (κ1) is 15.7. The molecule has 4 rings (SSSR count). The lowest BCUT2D eigenvalue weighted by molar-refractivity contribution is 0.224. The predicted octanol–water partition coefficient (Wildman–Crippen LogP) is 2.15. The third-order valence-corrected chi connectivity index (χ3v) is 5.93. The molecule has 0 aliphatic carbocycles. The third-order valence-electron chi connectivity index (χ3n) is 4.24. The second-order valence-corrected chi connectivity index (χ2v) is 7.98. The highest BCUT2D eigenvalue weighted by Gasteiger charge is 2.31. The van der Waals surface area contributed by atoms with Crippen LogP contribution in [-0.2, 0) is 16.6 Å². The molecule has 1 aromatic carbocycles. The number of hydrogen-bond donors (Lipinski definition) is 2. The van der Waals surface area contributed by atoms with Crippen LogP contribution in [0.5, 0.6) is 5.88 Å². The zero-order chi connectivity index (χ0) is 16.7. The normalized spacial score (nSPS) is 19.8. The average molecular weight is 369 g/mol. The van der Waals surface area contributed by atoms with Crippen molar-refractivity contribution >= 4 is 27.3 Å². The van der Waals surface area contributed by atoms with E-state index in [1.54, 1.807) is 16.8 Å². The summed E-state index contributed by atoms with van der Waals surface area (Å²) in [6.45, 7) is 1.85. The van der Waals surface area contributed by atoms with Gasteiger partial charge in [-0.25, -0.2) is 17.8 Å². The Morgan fingerprint density at radius 2 is 2.29 bits per heavy atom. The lowest BCUT2D eigenvalue weighted by atomic mass is 9.99. The molecular formula is C15H17ClN4O3S. The fourth-order valence-corrected chi connectivity index (χ4v) is 4.60. The molecule has 2 aromatic rings. The minimum atomic E-state index is -3.74. The smallest absolute Gasteiger partial charge is 0.248 e. The maximum absolute atomic E-state index is 12.8. The Morgan fingerprint density at radius 3 is 3.17 bits per heavy atom. The Hall–Kier alpha value is -1.77. The van der Waals surface area contributed by atoms with Crippen molar-refractivity contribution in [2.24, 2.45) is 0 Å². The molecule has 9 heteroatoms. The van der Waals surface area contributed by atoms with Gasteiger partial charge in [-0.1, -0.05) is 11.6 Å². The molecule has 1 aromatic heterocycles. The number of hydrogen-bond acceptors (Lipinski definition) is 5. The van der Waals surface area contributed by atoms with Crippen LogP contribution in [0, 0.1) is 0 Å². The number of ether oxygens (including phenoxy) is 1. The van der Waals surface area contributed by atoms with E-state index >= 15 is 0 Å². The molecule has 1 unspecified atom stereocenters. The van der Waals surface area contributed by atoms with E-state index in [1.165, 1.54) is 6.20 Å². The molecule has 0 saturated carbocycles. The predicted molar refractivity (Wildman–Crippen MR) is 90.0 cm³/mol. The lowest BCUT2D eigenvalue weighted by Gasteiger charge is -2.27. The first-order valence-electron chi connectivity index (χ1n) is 7.79. The Bertz CT molecular complexity index is 881. The SMILES string of the molecule is O=S(=O)(NC1CCNc2ccc(Cl)cc21)c1cnn2c1OCCC2. The molecular weight excluding hydrogens is 352 g/mol. The highest BCUT2D eigenvalue weighted by Crippen LogP contribution is 2.34. The van der Waals surface area contributed by atoms with Crippen LogP contribution in [0.4, 0.5) is 5.69 Å². The highest BCUT2D eigenvalue weighted by molar-refractivity contribution is 7.89. The summed E-state index contributed by atoms with van der Waals surface area (Å²) in [5.41, 5.74) is 1.74. The Balaban J connectivity index is 1.66. The van der Waals surface area contributed by atoms with Crippen molar-refractivity contribution in [3.05, 3.63) is 35.0 Å². The van der Waals surface area contributed by atoms with Gasteiger partial charge < -0.3 is 10.1 Å². The summed E-state index contributed by atoms with van der Waals surface area (Å²) in [5, 5.41) is 7.95. The monoisotopic (exact) mass is 368 g/mol. The van der Waals surface area contributed by atoms with Crippen molar-refractivity contribution in [3.8, 4) is 5.88 Å². The summed E-state index contributed by atoms with van der Waals surface area (Å²) in [6, 6.07) is 5.10. The molecule has 128 valence electrons. The molecule has 2 N–H and O–H groups in total. The minimum absolute atomic E-state index is 0.0873. The van der Waals surface area contributed by atoms with Gasteiger partial charge in [-0.05, 0) is 30.2 Å². The number of anilines is 1. The number of rotatable bonds is 3. The van der Waals surface area contributed by atoms with Gasteiger partial charge in [-0.2, -0.15) is 5.10 Å². The van der Waals surface area contributed by atoms with E-state index in [9.17, 15) is 8.42 Å². The second kappa shape index (κ2) is 5.94. The number of aryl methyl sites for hydroxylation is 1. The maximum Gasteiger partial charge on any atom is 0.248 e. The summed E-state index contributed by atoms with van der Waals surface area (Å²) >= 11 is 6.07. The molecule has 1 atom stereocenters. The number of aromatic nitrogens is 2. The number of benzene rings is 1. The summed E-state index contributed by atoms with van der Waals surface area (Å²) in [6.07, 6.45) is 2.81. The number of nitrogens with zero attached hydrogens (tertiary/aromatic N) is 2. The molecule has 0 spiro atoms. The van der Waals surface area contributed by atoms with Gasteiger partial charge in [0.05, 0.1) is 18.8 Å². The van der Waals surface area contributed by atoms with E-state index in [-0.39, 0.29) is 10.9 Å². The number of nitrogens with one attached hydrogen (secondary N) is 2. The topological polar surface area (TPSA) is 85.3 Å². The van der Waals surface area contributed by atoms with Gasteiger partial charge in [0.25, 0.3) is 0 Å². The Kier molecular flexibility index (Phi) is 3.90. The fourth-order valence-electron chi connectivity index (χ4n) is 3.09. The largest absolute Gasteiger partial charge is 0.477 e. The second-order valence-electron chi connectivity index (χ2n) is 5.86. The summed E-state index contributed by atoms with van der Waals surface area (Å²) in [4.78, 5) is 0.0873. The van der Waals surface area contributed by atoms with E-state index < -0.39 is 10.0 Å². The van der Waals surface area contributed by atoms with Crippen molar-refractivity contribution in [1.82, 2.24) is 14.5 Å². The molecule has 0 amide bonds. The van der Waals surface area contributed by atoms with Gasteiger partial charge >= 0.3 is 0 Å². The zero-order valence-corrected chi connectivity index (χ0v) is 14.4. The first-order valence-corrected chi connectivity index (χ1v) is 9.65.